The molecule has 0 aliphatic heterocycles. The molecule has 4 rings (SSSR count). The van der Waals surface area contributed by atoms with Gasteiger partial charge in [0.2, 0.25) is 0 Å². The highest BCUT2D eigenvalue weighted by Crippen LogP contribution is 2.12. The average molecular weight is 472 g/mol. The normalized spacial score (nSPS) is 12.1. The zero-order chi connectivity index (χ0) is 24.1. The molecule has 0 radical (unpaired) electrons. The van der Waals surface area contributed by atoms with Crippen LogP contribution < -0.4 is 20.1 Å². The third-order valence-electron chi connectivity index (χ3n) is 4.80. The number of aromatic nitrogens is 1. The van der Waals surface area contributed by atoms with Crippen molar-refractivity contribution >= 4 is 34.6 Å². The highest BCUT2D eigenvalue weighted by molar-refractivity contribution is 7.07. The van der Waals surface area contributed by atoms with Gasteiger partial charge >= 0.3 is 0 Å². The smallest absolute Gasteiger partial charge is 0.273 e. The number of amides is 1. The molecule has 168 valence electrons. The van der Waals surface area contributed by atoms with E-state index in [0.29, 0.717) is 17.0 Å². The van der Waals surface area contributed by atoms with Crippen LogP contribution in [0.2, 0.25) is 0 Å². The predicted octanol–water partition coefficient (Wildman–Crippen LogP) is 2.22. The van der Waals surface area contributed by atoms with Crippen LogP contribution >= 0.6 is 11.3 Å². The van der Waals surface area contributed by atoms with E-state index in [4.69, 9.17) is 4.42 Å². The Hall–Kier alpha value is -4.75. The first-order valence-electron chi connectivity index (χ1n) is 9.96. The Labute approximate surface area is 196 Å². The van der Waals surface area contributed by atoms with E-state index in [1.807, 2.05) is 6.07 Å². The second kappa shape index (κ2) is 9.81. The number of thiazole rings is 1. The average Bonchev–Trinajstić information content (AvgIpc) is 3.47. The highest BCUT2D eigenvalue weighted by atomic mass is 32.1. The summed E-state index contributed by atoms with van der Waals surface area (Å²) < 4.78 is 6.95. The number of rotatable bonds is 6. The summed E-state index contributed by atoms with van der Waals surface area (Å²) >= 11 is 0.988. The Morgan fingerprint density at radius 3 is 2.50 bits per heavy atom. The molecule has 2 aromatic heterocycles. The minimum absolute atomic E-state index is 0.0703. The lowest BCUT2D eigenvalue weighted by atomic mass is 10.2. The second-order valence-electron chi connectivity index (χ2n) is 6.99. The summed E-state index contributed by atoms with van der Waals surface area (Å²) in [6.45, 7) is 0.0831. The second-order valence-corrected chi connectivity index (χ2v) is 8.02. The number of benzene rings is 2. The molecule has 0 atom stereocenters. The van der Waals surface area contributed by atoms with Gasteiger partial charge < -0.3 is 9.73 Å². The van der Waals surface area contributed by atoms with E-state index in [2.05, 4.69) is 5.32 Å². The number of nitrogens with zero attached hydrogens (tertiary/aromatic N) is 3. The van der Waals surface area contributed by atoms with Crippen LogP contribution in [0.3, 0.4) is 0 Å². The zero-order valence-corrected chi connectivity index (χ0v) is 18.3. The minimum Gasteiger partial charge on any atom is -0.467 e. The summed E-state index contributed by atoms with van der Waals surface area (Å²) in [6.07, 6.45) is 3.04. The first-order valence-corrected chi connectivity index (χ1v) is 10.8. The molecule has 1 N–H and O–H groups in total. The number of carbonyl (C=O) groups is 1. The quantitative estimate of drug-likeness (QED) is 0.338. The van der Waals surface area contributed by atoms with E-state index in [0.717, 1.165) is 11.3 Å². The number of furan rings is 1. The van der Waals surface area contributed by atoms with Crippen molar-refractivity contribution < 1.29 is 14.1 Å². The van der Waals surface area contributed by atoms with E-state index < -0.39 is 16.4 Å². The van der Waals surface area contributed by atoms with Gasteiger partial charge in [-0.05, 0) is 48.0 Å². The van der Waals surface area contributed by atoms with E-state index >= 15 is 0 Å². The van der Waals surface area contributed by atoms with Crippen LogP contribution in [0.4, 0.5) is 5.69 Å². The summed E-state index contributed by atoms with van der Waals surface area (Å²) in [7, 11) is 0. The van der Waals surface area contributed by atoms with E-state index in [1.165, 1.54) is 35.1 Å². The van der Waals surface area contributed by atoms with Gasteiger partial charge in [0.15, 0.2) is 5.57 Å². The van der Waals surface area contributed by atoms with Crippen LogP contribution in [0.15, 0.2) is 82.2 Å². The number of para-hydroxylation sites is 1. The standard InChI is InChI=1S/C24H16N4O5S/c25-14-20(22(29)26-15-19-7-4-12-33-19)24-27(17-5-2-1-3-6-17)23(30)21(34-24)13-16-8-10-18(11-9-16)28(31)32/h1-13H,15H2,(H,26,29)/b21-13+,24-20+. The first-order chi connectivity index (χ1) is 16.5. The lowest BCUT2D eigenvalue weighted by Gasteiger charge is -2.04. The summed E-state index contributed by atoms with van der Waals surface area (Å²) in [6, 6.07) is 19.7. The third-order valence-corrected chi connectivity index (χ3v) is 5.89. The van der Waals surface area contributed by atoms with Gasteiger partial charge in [0.25, 0.3) is 17.2 Å². The van der Waals surface area contributed by atoms with Gasteiger partial charge in [-0.1, -0.05) is 18.2 Å². The molecule has 4 aromatic rings. The van der Waals surface area contributed by atoms with Crippen LogP contribution in [0.1, 0.15) is 11.3 Å². The van der Waals surface area contributed by atoms with Gasteiger partial charge in [0.1, 0.15) is 16.5 Å². The maximum Gasteiger partial charge on any atom is 0.273 e. The van der Waals surface area contributed by atoms with Crippen molar-refractivity contribution in [3.8, 4) is 11.8 Å². The van der Waals surface area contributed by atoms with Crippen molar-refractivity contribution in [3.63, 3.8) is 0 Å². The lowest BCUT2D eigenvalue weighted by Crippen LogP contribution is -2.33. The van der Waals surface area contributed by atoms with Gasteiger partial charge in [-0.2, -0.15) is 5.26 Å². The van der Waals surface area contributed by atoms with Crippen molar-refractivity contribution in [1.29, 1.82) is 5.26 Å². The first kappa shape index (κ1) is 22.4. The van der Waals surface area contributed by atoms with Crippen molar-refractivity contribution in [2.24, 2.45) is 0 Å². The van der Waals surface area contributed by atoms with Crippen molar-refractivity contribution in [2.45, 2.75) is 6.54 Å². The monoisotopic (exact) mass is 472 g/mol. The number of nitriles is 1. The molecule has 2 aromatic carbocycles. The number of non-ortho nitro benzene ring substituents is 1. The van der Waals surface area contributed by atoms with E-state index in [-0.39, 0.29) is 27.0 Å². The van der Waals surface area contributed by atoms with Crippen molar-refractivity contribution in [2.75, 3.05) is 0 Å². The number of carbonyl (C=O) groups excluding carboxylic acids is 1. The van der Waals surface area contributed by atoms with Gasteiger partial charge in [-0.15, -0.1) is 11.3 Å². The molecule has 2 heterocycles. The van der Waals surface area contributed by atoms with E-state index in [9.17, 15) is 25.0 Å². The summed E-state index contributed by atoms with van der Waals surface area (Å²) in [5.41, 5.74) is 0.348. The van der Waals surface area contributed by atoms with Crippen LogP contribution in [0.25, 0.3) is 17.3 Å². The van der Waals surface area contributed by atoms with Gasteiger partial charge in [-0.25, -0.2) is 0 Å². The largest absolute Gasteiger partial charge is 0.467 e. The summed E-state index contributed by atoms with van der Waals surface area (Å²) in [5, 5.41) is 23.3. The fraction of sp³-hybridized carbons (Fsp3) is 0.0417. The van der Waals surface area contributed by atoms with Crippen LogP contribution in [-0.4, -0.2) is 15.4 Å². The SMILES string of the molecule is N#C/C(C(=O)NCc1ccco1)=c1\s/c(=C/c2ccc([N+](=O)[O-])cc2)c(=O)n1-c1ccccc1. The molecule has 1 amide bonds. The zero-order valence-electron chi connectivity index (χ0n) is 17.5. The molecule has 0 saturated carbocycles. The van der Waals surface area contributed by atoms with Crippen LogP contribution in [0, 0.1) is 21.4 Å². The topological polar surface area (TPSA) is 131 Å². The molecule has 0 aliphatic rings. The van der Waals surface area contributed by atoms with Crippen molar-refractivity contribution in [3.05, 3.63) is 114 Å². The van der Waals surface area contributed by atoms with Gasteiger partial charge in [0.05, 0.1) is 28.0 Å². The number of nitro benzene ring substituents is 1. The summed E-state index contributed by atoms with van der Waals surface area (Å²) in [5.74, 6) is -0.129. The number of hydrogen-bond acceptors (Lipinski definition) is 7. The predicted molar refractivity (Wildman–Crippen MR) is 125 cm³/mol. The number of hydrogen-bond donors (Lipinski definition) is 1. The highest BCUT2D eigenvalue weighted by Gasteiger charge is 2.17. The number of nitro groups is 1. The molecule has 34 heavy (non-hydrogen) atoms. The fourth-order valence-electron chi connectivity index (χ4n) is 3.17. The van der Waals surface area contributed by atoms with Crippen LogP contribution in [-0.2, 0) is 11.3 Å². The van der Waals surface area contributed by atoms with Crippen LogP contribution in [0.5, 0.6) is 0 Å². The van der Waals surface area contributed by atoms with Gasteiger partial charge in [0, 0.05) is 12.1 Å². The molecular weight excluding hydrogens is 456 g/mol. The molecule has 0 saturated heterocycles. The van der Waals surface area contributed by atoms with Crippen molar-refractivity contribution in [1.82, 2.24) is 9.88 Å². The Bertz CT molecular complexity index is 1560. The molecular formula is C24H16N4O5S. The molecule has 0 unspecified atom stereocenters. The van der Waals surface area contributed by atoms with Gasteiger partial charge in [-0.3, -0.25) is 24.3 Å². The molecule has 9 nitrogen and oxygen atoms in total. The molecule has 0 fully saturated rings. The molecule has 0 bridgehead atoms. The van der Waals surface area contributed by atoms with E-state index in [1.54, 1.807) is 48.5 Å². The Morgan fingerprint density at radius 1 is 1.15 bits per heavy atom. The molecule has 0 spiro atoms. The summed E-state index contributed by atoms with van der Waals surface area (Å²) in [4.78, 5) is 36.5. The Balaban J connectivity index is 1.87. The molecule has 0 aliphatic carbocycles. The minimum atomic E-state index is -0.647. The lowest BCUT2D eigenvalue weighted by molar-refractivity contribution is -0.384. The maximum absolute atomic E-state index is 13.3. The molecule has 10 heteroatoms. The number of nitrogens with one attached hydrogen (secondary N) is 1. The Morgan fingerprint density at radius 2 is 1.88 bits per heavy atom. The maximum atomic E-state index is 13.3. The Kier molecular flexibility index (Phi) is 6.47. The third kappa shape index (κ3) is 4.69. The fourth-order valence-corrected chi connectivity index (χ4v) is 4.27.